The van der Waals surface area contributed by atoms with E-state index >= 15 is 0 Å². The van der Waals surface area contributed by atoms with E-state index in [-0.39, 0.29) is 22.8 Å². The number of aromatic hydroxyl groups is 1. The van der Waals surface area contributed by atoms with Crippen molar-refractivity contribution >= 4 is 5.91 Å². The van der Waals surface area contributed by atoms with Gasteiger partial charge in [0.1, 0.15) is 5.75 Å². The molecular weight excluding hydrogens is 348 g/mol. The van der Waals surface area contributed by atoms with Crippen molar-refractivity contribution < 1.29 is 9.90 Å². The van der Waals surface area contributed by atoms with Gasteiger partial charge in [0.05, 0.1) is 6.04 Å². The number of pyridine rings is 1. The van der Waals surface area contributed by atoms with Gasteiger partial charge in [0, 0.05) is 18.8 Å². The Morgan fingerprint density at radius 1 is 1.11 bits per heavy atom. The molecule has 1 unspecified atom stereocenters. The van der Waals surface area contributed by atoms with Crippen molar-refractivity contribution in [2.45, 2.75) is 78.2 Å². The fourth-order valence-corrected chi connectivity index (χ4v) is 3.27. The molecule has 0 saturated carbocycles. The lowest BCUT2D eigenvalue weighted by atomic mass is 9.78. The topological polar surface area (TPSA) is 62.2 Å². The van der Waals surface area contributed by atoms with Crippen LogP contribution in [0.2, 0.25) is 0 Å². The van der Waals surface area contributed by atoms with Crippen LogP contribution in [0.4, 0.5) is 0 Å². The van der Waals surface area contributed by atoms with Gasteiger partial charge in [-0.1, -0.05) is 59.7 Å². The van der Waals surface area contributed by atoms with E-state index in [4.69, 9.17) is 0 Å². The summed E-state index contributed by atoms with van der Waals surface area (Å²) >= 11 is 0. The van der Waals surface area contributed by atoms with Crippen molar-refractivity contribution in [2.24, 2.45) is 0 Å². The minimum absolute atomic E-state index is 0.0130. The number of amides is 1. The maximum absolute atomic E-state index is 12.4. The molecule has 2 aromatic rings. The summed E-state index contributed by atoms with van der Waals surface area (Å²) in [7, 11) is 0. The molecule has 1 aromatic heterocycles. The second-order valence-corrected chi connectivity index (χ2v) is 9.62. The molecule has 0 bridgehead atoms. The van der Waals surface area contributed by atoms with Crippen molar-refractivity contribution in [3.63, 3.8) is 0 Å². The zero-order valence-corrected chi connectivity index (χ0v) is 18.3. The normalized spacial score (nSPS) is 13.2. The molecule has 152 valence electrons. The molecule has 0 aliphatic carbocycles. The molecule has 1 atom stereocenters. The molecule has 0 radical (unpaired) electrons. The van der Waals surface area contributed by atoms with Crippen LogP contribution in [0.1, 0.15) is 83.2 Å². The van der Waals surface area contributed by atoms with E-state index in [0.29, 0.717) is 18.6 Å². The molecule has 1 heterocycles. The first-order chi connectivity index (χ1) is 12.9. The molecule has 2 rings (SSSR count). The predicted octanol–water partition coefficient (Wildman–Crippen LogP) is 5.19. The maximum atomic E-state index is 12.4. The molecule has 0 fully saturated rings. The lowest BCUT2D eigenvalue weighted by Gasteiger charge is -2.28. The molecule has 0 saturated heterocycles. The zero-order chi connectivity index (χ0) is 21.1. The lowest BCUT2D eigenvalue weighted by Crippen LogP contribution is -2.27. The van der Waals surface area contributed by atoms with Crippen molar-refractivity contribution in [2.75, 3.05) is 0 Å². The Morgan fingerprint density at radius 3 is 2.14 bits per heavy atom. The minimum Gasteiger partial charge on any atom is -0.507 e. The summed E-state index contributed by atoms with van der Waals surface area (Å²) in [5, 5.41) is 13.9. The summed E-state index contributed by atoms with van der Waals surface area (Å²) in [4.78, 5) is 16.6. The molecular formula is C24H34N2O2. The molecule has 1 amide bonds. The third kappa shape index (κ3) is 5.57. The first-order valence-electron chi connectivity index (χ1n) is 9.95. The van der Waals surface area contributed by atoms with Crippen molar-refractivity contribution in [3.05, 3.63) is 58.9 Å². The quantitative estimate of drug-likeness (QED) is 0.748. The Bertz CT molecular complexity index is 780. The highest BCUT2D eigenvalue weighted by Gasteiger charge is 2.26. The van der Waals surface area contributed by atoms with Crippen LogP contribution in [0.15, 0.2) is 36.7 Å². The van der Waals surface area contributed by atoms with Crippen molar-refractivity contribution in [1.82, 2.24) is 10.3 Å². The number of benzene rings is 1. The monoisotopic (exact) mass is 382 g/mol. The van der Waals surface area contributed by atoms with E-state index in [1.54, 1.807) is 12.4 Å². The van der Waals surface area contributed by atoms with Gasteiger partial charge in [-0.25, -0.2) is 0 Å². The number of carbonyl (C=O) groups is 1. The second-order valence-electron chi connectivity index (χ2n) is 9.62. The van der Waals surface area contributed by atoms with Gasteiger partial charge in [-0.15, -0.1) is 0 Å². The summed E-state index contributed by atoms with van der Waals surface area (Å²) < 4.78 is 0. The molecule has 2 N–H and O–H groups in total. The number of carbonyl (C=O) groups excluding carboxylic acids is 1. The van der Waals surface area contributed by atoms with Crippen LogP contribution in [-0.2, 0) is 22.0 Å². The summed E-state index contributed by atoms with van der Waals surface area (Å²) in [6.45, 7) is 14.5. The van der Waals surface area contributed by atoms with E-state index in [1.807, 2.05) is 31.2 Å². The summed E-state index contributed by atoms with van der Waals surface area (Å²) in [6.07, 6.45) is 4.54. The van der Waals surface area contributed by atoms with E-state index in [9.17, 15) is 9.90 Å². The first kappa shape index (κ1) is 21.9. The van der Waals surface area contributed by atoms with Crippen LogP contribution in [0, 0.1) is 0 Å². The van der Waals surface area contributed by atoms with Gasteiger partial charge in [0.15, 0.2) is 0 Å². The number of aryl methyl sites for hydroxylation is 1. The lowest BCUT2D eigenvalue weighted by molar-refractivity contribution is -0.121. The highest BCUT2D eigenvalue weighted by atomic mass is 16.3. The standard InChI is InChI=1S/C24H34N2O2/c1-16(18-9-8-12-25-15-18)26-21(27)11-10-17-13-19(23(2,3)4)22(28)20(14-17)24(5,6)7/h8-9,12-16,28H,10-11H2,1-7H3,(H,26,27). The Hall–Kier alpha value is -2.36. The van der Waals surface area contributed by atoms with Crippen LogP contribution >= 0.6 is 0 Å². The predicted molar refractivity (Wildman–Crippen MR) is 115 cm³/mol. The van der Waals surface area contributed by atoms with Gasteiger partial charge >= 0.3 is 0 Å². The average Bonchev–Trinajstić information content (AvgIpc) is 2.59. The minimum atomic E-state index is -0.169. The van der Waals surface area contributed by atoms with Crippen LogP contribution in [0.5, 0.6) is 5.75 Å². The molecule has 0 aliphatic heterocycles. The fraction of sp³-hybridized carbons (Fsp3) is 0.500. The number of aromatic nitrogens is 1. The van der Waals surface area contributed by atoms with Gasteiger partial charge in [-0.05, 0) is 52.5 Å². The molecule has 1 aromatic carbocycles. The molecule has 4 nitrogen and oxygen atoms in total. The molecule has 28 heavy (non-hydrogen) atoms. The summed E-state index contributed by atoms with van der Waals surface area (Å²) in [6, 6.07) is 7.85. The molecule has 4 heteroatoms. The van der Waals surface area contributed by atoms with E-state index < -0.39 is 0 Å². The van der Waals surface area contributed by atoms with Crippen LogP contribution in [-0.4, -0.2) is 16.0 Å². The van der Waals surface area contributed by atoms with Crippen LogP contribution < -0.4 is 5.32 Å². The average molecular weight is 383 g/mol. The SMILES string of the molecule is CC(NC(=O)CCc1cc(C(C)(C)C)c(O)c(C(C)(C)C)c1)c1cccnc1. The maximum Gasteiger partial charge on any atom is 0.220 e. The fourth-order valence-electron chi connectivity index (χ4n) is 3.27. The zero-order valence-electron chi connectivity index (χ0n) is 18.3. The number of nitrogens with one attached hydrogen (secondary N) is 1. The van der Waals surface area contributed by atoms with Gasteiger partial charge in [-0.2, -0.15) is 0 Å². The van der Waals surface area contributed by atoms with Gasteiger partial charge in [0.2, 0.25) is 5.91 Å². The summed E-state index contributed by atoms with van der Waals surface area (Å²) in [5.41, 5.74) is 3.59. The third-order valence-electron chi connectivity index (χ3n) is 4.99. The summed E-state index contributed by atoms with van der Waals surface area (Å²) in [5.74, 6) is 0.387. The highest BCUT2D eigenvalue weighted by Crippen LogP contribution is 2.39. The van der Waals surface area contributed by atoms with Crippen molar-refractivity contribution in [1.29, 1.82) is 0 Å². The first-order valence-corrected chi connectivity index (χ1v) is 9.95. The van der Waals surface area contributed by atoms with E-state index in [1.165, 1.54) is 0 Å². The molecule has 0 spiro atoms. The Balaban J connectivity index is 2.16. The van der Waals surface area contributed by atoms with E-state index in [0.717, 1.165) is 22.3 Å². The highest BCUT2D eigenvalue weighted by molar-refractivity contribution is 5.76. The number of nitrogens with zero attached hydrogens (tertiary/aromatic N) is 1. The number of hydrogen-bond acceptors (Lipinski definition) is 3. The number of hydrogen-bond donors (Lipinski definition) is 2. The number of phenols is 1. The van der Waals surface area contributed by atoms with E-state index in [2.05, 4.69) is 51.8 Å². The largest absolute Gasteiger partial charge is 0.507 e. The number of phenolic OH excluding ortho intramolecular Hbond substituents is 1. The van der Waals surface area contributed by atoms with Gasteiger partial charge in [0.25, 0.3) is 0 Å². The Morgan fingerprint density at radius 2 is 1.68 bits per heavy atom. The van der Waals surface area contributed by atoms with Gasteiger partial charge in [-0.3, -0.25) is 9.78 Å². The second kappa shape index (κ2) is 8.34. The Labute approximate surface area is 169 Å². The van der Waals surface area contributed by atoms with Crippen molar-refractivity contribution in [3.8, 4) is 5.75 Å². The van der Waals surface area contributed by atoms with Crippen LogP contribution in [0.25, 0.3) is 0 Å². The van der Waals surface area contributed by atoms with Gasteiger partial charge < -0.3 is 10.4 Å². The third-order valence-corrected chi connectivity index (χ3v) is 4.99. The Kier molecular flexibility index (Phi) is 6.53. The smallest absolute Gasteiger partial charge is 0.220 e. The number of rotatable bonds is 5. The molecule has 0 aliphatic rings. The van der Waals surface area contributed by atoms with Crippen LogP contribution in [0.3, 0.4) is 0 Å².